The number of hydrogen-bond donors (Lipinski definition) is 1. The Kier molecular flexibility index (Phi) is 4.23. The molecule has 0 unspecified atom stereocenters. The molecule has 0 saturated carbocycles. The van der Waals surface area contributed by atoms with Crippen LogP contribution in [0.3, 0.4) is 0 Å². The number of amides is 1. The number of rotatable bonds is 1. The van der Waals surface area contributed by atoms with Gasteiger partial charge >= 0.3 is 0 Å². The second-order valence-electron chi connectivity index (χ2n) is 7.73. The predicted octanol–water partition coefficient (Wildman–Crippen LogP) is 3.62. The lowest BCUT2D eigenvalue weighted by atomic mass is 10.0. The van der Waals surface area contributed by atoms with E-state index in [1.165, 1.54) is 5.56 Å². The van der Waals surface area contributed by atoms with Crippen LogP contribution in [0, 0.1) is 0 Å². The number of benzene rings is 2. The monoisotopic (exact) mass is 351 g/mol. The third-order valence-electron chi connectivity index (χ3n) is 5.44. The van der Waals surface area contributed by atoms with Gasteiger partial charge in [-0.3, -0.25) is 9.69 Å². The van der Waals surface area contributed by atoms with Gasteiger partial charge in [0.1, 0.15) is 5.75 Å². The number of aliphatic hydroxyl groups excluding tert-OH is 1. The molecular weight excluding hydrogens is 326 g/mol. The first-order valence-corrected chi connectivity index (χ1v) is 9.32. The summed E-state index contributed by atoms with van der Waals surface area (Å²) in [5.74, 6) is 0.762. The third-order valence-corrected chi connectivity index (χ3v) is 5.44. The molecule has 0 saturated heterocycles. The molecule has 0 radical (unpaired) electrons. The van der Waals surface area contributed by atoms with Crippen molar-refractivity contribution < 1.29 is 14.6 Å². The fraction of sp³-hybridized carbons (Fsp3) is 0.409. The molecule has 0 spiro atoms. The molecule has 2 atom stereocenters. The van der Waals surface area contributed by atoms with E-state index < -0.39 is 11.8 Å². The molecular formula is C22H25NO3. The number of hydrogen-bond acceptors (Lipinski definition) is 3. The Morgan fingerprint density at radius 3 is 2.58 bits per heavy atom. The second kappa shape index (κ2) is 6.44. The molecule has 2 aromatic carbocycles. The molecule has 0 aromatic heterocycles. The van der Waals surface area contributed by atoms with E-state index in [0.717, 1.165) is 29.7 Å². The van der Waals surface area contributed by atoms with Gasteiger partial charge in [0.2, 0.25) is 5.91 Å². The number of aryl methyl sites for hydroxylation is 1. The Morgan fingerprint density at radius 2 is 1.81 bits per heavy atom. The Hall–Kier alpha value is -2.33. The summed E-state index contributed by atoms with van der Waals surface area (Å²) in [6, 6.07) is 15.7. The van der Waals surface area contributed by atoms with Crippen LogP contribution in [-0.4, -0.2) is 27.7 Å². The van der Waals surface area contributed by atoms with Crippen molar-refractivity contribution in [1.82, 2.24) is 4.90 Å². The maximum Gasteiger partial charge on any atom is 0.226 e. The van der Waals surface area contributed by atoms with Gasteiger partial charge in [0, 0.05) is 12.8 Å². The van der Waals surface area contributed by atoms with E-state index in [0.29, 0.717) is 12.8 Å². The number of aliphatic hydroxyl groups is 1. The van der Waals surface area contributed by atoms with E-state index in [2.05, 4.69) is 12.1 Å². The first kappa shape index (κ1) is 17.1. The van der Waals surface area contributed by atoms with E-state index in [9.17, 15) is 9.90 Å². The smallest absolute Gasteiger partial charge is 0.226 e. The highest BCUT2D eigenvalue weighted by molar-refractivity contribution is 5.78. The topological polar surface area (TPSA) is 49.8 Å². The van der Waals surface area contributed by atoms with Crippen molar-refractivity contribution in [2.45, 2.75) is 57.4 Å². The molecule has 26 heavy (non-hydrogen) atoms. The van der Waals surface area contributed by atoms with Crippen molar-refractivity contribution in [3.05, 3.63) is 65.2 Å². The van der Waals surface area contributed by atoms with Crippen LogP contribution < -0.4 is 4.74 Å². The normalized spacial score (nSPS) is 24.7. The van der Waals surface area contributed by atoms with Crippen molar-refractivity contribution >= 4 is 5.91 Å². The minimum absolute atomic E-state index is 0.0262. The molecule has 2 heterocycles. The van der Waals surface area contributed by atoms with E-state index >= 15 is 0 Å². The first-order valence-electron chi connectivity index (χ1n) is 9.32. The largest absolute Gasteiger partial charge is 0.468 e. The van der Waals surface area contributed by atoms with Crippen LogP contribution in [0.5, 0.6) is 5.75 Å². The zero-order valence-electron chi connectivity index (χ0n) is 15.3. The molecule has 1 amide bonds. The second-order valence-corrected chi connectivity index (χ2v) is 7.73. The number of fused-ring (bicyclic) bond motifs is 9. The van der Waals surface area contributed by atoms with Gasteiger partial charge < -0.3 is 9.84 Å². The molecule has 2 bridgehead atoms. The summed E-state index contributed by atoms with van der Waals surface area (Å²) >= 11 is 0. The summed E-state index contributed by atoms with van der Waals surface area (Å²) < 4.78 is 6.24. The van der Waals surface area contributed by atoms with Gasteiger partial charge in [0.15, 0.2) is 5.72 Å². The van der Waals surface area contributed by atoms with Gasteiger partial charge in [-0.05, 0) is 55.5 Å². The van der Waals surface area contributed by atoms with Crippen molar-refractivity contribution in [2.75, 3.05) is 0 Å². The Labute approximate surface area is 154 Å². The molecule has 2 aliphatic heterocycles. The van der Waals surface area contributed by atoms with Crippen molar-refractivity contribution in [2.24, 2.45) is 0 Å². The number of carbonyl (C=O) groups is 1. The quantitative estimate of drug-likeness (QED) is 0.854. The Morgan fingerprint density at radius 1 is 1.08 bits per heavy atom. The average molecular weight is 351 g/mol. The molecule has 0 fully saturated rings. The Bertz CT molecular complexity index is 812. The minimum atomic E-state index is -0.869. The molecule has 136 valence electrons. The van der Waals surface area contributed by atoms with Crippen LogP contribution in [0.1, 0.15) is 49.4 Å². The van der Waals surface area contributed by atoms with Crippen LogP contribution in [0.2, 0.25) is 0 Å². The van der Waals surface area contributed by atoms with Crippen LogP contribution in [0.25, 0.3) is 0 Å². The molecule has 5 rings (SSSR count). The molecule has 2 aromatic rings. The van der Waals surface area contributed by atoms with Gasteiger partial charge in [-0.1, -0.05) is 36.4 Å². The summed E-state index contributed by atoms with van der Waals surface area (Å²) in [4.78, 5) is 15.0. The van der Waals surface area contributed by atoms with Gasteiger partial charge in [0.25, 0.3) is 0 Å². The number of nitrogens with zero attached hydrogens (tertiary/aromatic N) is 1. The lowest BCUT2D eigenvalue weighted by Gasteiger charge is -2.43. The maximum absolute atomic E-state index is 13.2. The highest BCUT2D eigenvalue weighted by atomic mass is 16.5. The average Bonchev–Trinajstić information content (AvgIpc) is 2.90. The predicted molar refractivity (Wildman–Crippen MR) is 99.8 cm³/mol. The van der Waals surface area contributed by atoms with Crippen molar-refractivity contribution in [3.63, 3.8) is 0 Å². The number of ether oxygens (including phenoxy) is 1. The zero-order valence-corrected chi connectivity index (χ0v) is 15.3. The summed E-state index contributed by atoms with van der Waals surface area (Å²) in [5.41, 5.74) is 2.47. The fourth-order valence-electron chi connectivity index (χ4n) is 4.28. The van der Waals surface area contributed by atoms with E-state index in [-0.39, 0.29) is 11.9 Å². The highest BCUT2D eigenvalue weighted by Crippen LogP contribution is 2.41. The SMILES string of the molecule is CC1(C)Oc2ccc(cc2)CCCC(=O)N1[C@H]1c2ccccc2C[C@H]1O. The van der Waals surface area contributed by atoms with E-state index in [4.69, 9.17) is 4.74 Å². The summed E-state index contributed by atoms with van der Waals surface area (Å²) in [6.45, 7) is 3.81. The van der Waals surface area contributed by atoms with Gasteiger partial charge in [-0.25, -0.2) is 0 Å². The van der Waals surface area contributed by atoms with Gasteiger partial charge in [0.05, 0.1) is 12.1 Å². The van der Waals surface area contributed by atoms with E-state index in [1.54, 1.807) is 4.90 Å². The summed E-state index contributed by atoms with van der Waals surface area (Å²) in [7, 11) is 0. The summed E-state index contributed by atoms with van der Waals surface area (Å²) in [5, 5.41) is 10.8. The summed E-state index contributed by atoms with van der Waals surface area (Å²) in [6.07, 6.45) is 2.04. The standard InChI is InChI=1S/C22H25NO3/c1-22(2)23(21-18-8-4-3-7-16(18)14-19(21)24)20(25)9-5-6-15-10-12-17(26-22)13-11-15/h3-4,7-8,10-13,19,21,24H,5-6,9,14H2,1-2H3/t19-,21+/m1/s1. The lowest BCUT2D eigenvalue weighted by molar-refractivity contribution is -0.161. The fourth-order valence-corrected chi connectivity index (χ4v) is 4.28. The molecule has 1 aliphatic carbocycles. The van der Waals surface area contributed by atoms with Gasteiger partial charge in [-0.2, -0.15) is 0 Å². The van der Waals surface area contributed by atoms with Crippen molar-refractivity contribution in [3.8, 4) is 5.75 Å². The molecule has 3 aliphatic rings. The maximum atomic E-state index is 13.2. The third kappa shape index (κ3) is 2.99. The van der Waals surface area contributed by atoms with Crippen LogP contribution in [0.15, 0.2) is 48.5 Å². The molecule has 4 nitrogen and oxygen atoms in total. The molecule has 1 N–H and O–H groups in total. The number of carbonyl (C=O) groups excluding carboxylic acids is 1. The minimum Gasteiger partial charge on any atom is -0.468 e. The van der Waals surface area contributed by atoms with Gasteiger partial charge in [-0.15, -0.1) is 0 Å². The Balaban J connectivity index is 1.76. The van der Waals surface area contributed by atoms with Crippen LogP contribution >= 0.6 is 0 Å². The zero-order chi connectivity index (χ0) is 18.3. The van der Waals surface area contributed by atoms with Crippen LogP contribution in [-0.2, 0) is 17.6 Å². The van der Waals surface area contributed by atoms with Crippen LogP contribution in [0.4, 0.5) is 0 Å². The lowest BCUT2D eigenvalue weighted by Crippen LogP contribution is -2.55. The highest BCUT2D eigenvalue weighted by Gasteiger charge is 2.45. The van der Waals surface area contributed by atoms with E-state index in [1.807, 2.05) is 50.2 Å². The molecule has 4 heteroatoms. The van der Waals surface area contributed by atoms with Crippen molar-refractivity contribution in [1.29, 1.82) is 0 Å². The first-order chi connectivity index (χ1) is 12.5.